The highest BCUT2D eigenvalue weighted by Gasteiger charge is 2.13. The van der Waals surface area contributed by atoms with Crippen LogP contribution in [-0.4, -0.2) is 39.4 Å². The van der Waals surface area contributed by atoms with Crippen LogP contribution in [0.15, 0.2) is 84.0 Å². The predicted octanol–water partition coefficient (Wildman–Crippen LogP) is 4.40. The molecule has 0 saturated heterocycles. The Kier molecular flexibility index (Phi) is 7.79. The fourth-order valence-electron chi connectivity index (χ4n) is 3.38. The van der Waals surface area contributed by atoms with E-state index in [9.17, 15) is 9.59 Å². The summed E-state index contributed by atoms with van der Waals surface area (Å²) in [7, 11) is 3.45. The van der Waals surface area contributed by atoms with Gasteiger partial charge in [-0.15, -0.1) is 10.2 Å². The van der Waals surface area contributed by atoms with Crippen molar-refractivity contribution in [1.82, 2.24) is 14.8 Å². The zero-order valence-electron chi connectivity index (χ0n) is 19.4. The zero-order valence-corrected chi connectivity index (χ0v) is 20.2. The minimum absolute atomic E-state index is 0.172. The third-order valence-corrected chi connectivity index (χ3v) is 6.27. The molecule has 0 spiro atoms. The first-order valence-corrected chi connectivity index (χ1v) is 11.9. The van der Waals surface area contributed by atoms with E-state index in [2.05, 4.69) is 20.8 Å². The van der Waals surface area contributed by atoms with E-state index in [0.717, 1.165) is 11.4 Å². The third kappa shape index (κ3) is 6.27. The van der Waals surface area contributed by atoms with Gasteiger partial charge in [-0.2, -0.15) is 0 Å². The molecular weight excluding hydrogens is 462 g/mol. The molecular formula is C26H25N5O3S. The standard InChI is InChI=1S/C26H25N5O3S/c1-31-23(16-18-8-4-3-5-9-18)29-30-26(31)35-17-24(32)27-20-14-12-19(13-15-20)25(33)28-21-10-6-7-11-22(21)34-2/h3-15H,16-17H2,1-2H3,(H,27,32)(H,28,33). The van der Waals surface area contributed by atoms with Gasteiger partial charge in [-0.25, -0.2) is 0 Å². The molecule has 0 aliphatic rings. The number of benzene rings is 3. The molecule has 178 valence electrons. The molecule has 2 amide bonds. The normalized spacial score (nSPS) is 10.6. The summed E-state index contributed by atoms with van der Waals surface area (Å²) in [6.45, 7) is 0. The molecule has 0 saturated carbocycles. The third-order valence-electron chi connectivity index (χ3n) is 5.25. The number of methoxy groups -OCH3 is 1. The number of rotatable bonds is 9. The lowest BCUT2D eigenvalue weighted by Gasteiger charge is -2.10. The number of nitrogens with zero attached hydrogens (tertiary/aromatic N) is 3. The summed E-state index contributed by atoms with van der Waals surface area (Å²) in [6.07, 6.45) is 0.675. The maximum atomic E-state index is 12.6. The lowest BCUT2D eigenvalue weighted by atomic mass is 10.1. The van der Waals surface area contributed by atoms with E-state index in [4.69, 9.17) is 4.74 Å². The van der Waals surface area contributed by atoms with E-state index < -0.39 is 0 Å². The number of amides is 2. The van der Waals surface area contributed by atoms with Gasteiger partial charge < -0.3 is 19.9 Å². The van der Waals surface area contributed by atoms with E-state index in [0.29, 0.717) is 34.3 Å². The molecule has 1 aromatic heterocycles. The number of anilines is 2. The van der Waals surface area contributed by atoms with Crippen molar-refractivity contribution in [2.45, 2.75) is 11.6 Å². The largest absolute Gasteiger partial charge is 0.495 e. The minimum Gasteiger partial charge on any atom is -0.495 e. The van der Waals surface area contributed by atoms with Crippen molar-refractivity contribution in [3.8, 4) is 5.75 Å². The summed E-state index contributed by atoms with van der Waals surface area (Å²) in [6, 6.07) is 23.9. The zero-order chi connectivity index (χ0) is 24.6. The van der Waals surface area contributed by atoms with Crippen LogP contribution in [0.2, 0.25) is 0 Å². The Balaban J connectivity index is 1.29. The van der Waals surface area contributed by atoms with Crippen molar-refractivity contribution in [2.24, 2.45) is 7.05 Å². The van der Waals surface area contributed by atoms with Crippen molar-refractivity contribution < 1.29 is 14.3 Å². The van der Waals surface area contributed by atoms with E-state index in [1.165, 1.54) is 11.8 Å². The van der Waals surface area contributed by atoms with Crippen molar-refractivity contribution in [2.75, 3.05) is 23.5 Å². The summed E-state index contributed by atoms with van der Waals surface area (Å²) in [5.74, 6) is 1.16. The predicted molar refractivity (Wildman–Crippen MR) is 137 cm³/mol. The van der Waals surface area contributed by atoms with Crippen LogP contribution in [0.1, 0.15) is 21.7 Å². The van der Waals surface area contributed by atoms with Gasteiger partial charge in [-0.05, 0) is 42.0 Å². The summed E-state index contributed by atoms with van der Waals surface area (Å²) in [4.78, 5) is 25.0. The Hall–Kier alpha value is -4.11. The lowest BCUT2D eigenvalue weighted by molar-refractivity contribution is -0.113. The number of ether oxygens (including phenoxy) is 1. The molecule has 4 rings (SSSR count). The number of thioether (sulfide) groups is 1. The van der Waals surface area contributed by atoms with E-state index in [-0.39, 0.29) is 17.6 Å². The highest BCUT2D eigenvalue weighted by atomic mass is 32.2. The van der Waals surface area contributed by atoms with Gasteiger partial charge in [0.25, 0.3) is 5.91 Å². The molecule has 0 aliphatic heterocycles. The van der Waals surface area contributed by atoms with Gasteiger partial charge in [0, 0.05) is 24.7 Å². The van der Waals surface area contributed by atoms with Crippen molar-refractivity contribution >= 4 is 35.0 Å². The summed E-state index contributed by atoms with van der Waals surface area (Å²) in [5.41, 5.74) is 2.81. The number of hydrogen-bond acceptors (Lipinski definition) is 6. The van der Waals surface area contributed by atoms with E-state index >= 15 is 0 Å². The van der Waals surface area contributed by atoms with Crippen LogP contribution in [0.4, 0.5) is 11.4 Å². The second-order valence-electron chi connectivity index (χ2n) is 7.69. The van der Waals surface area contributed by atoms with E-state index in [1.54, 1.807) is 43.5 Å². The molecule has 0 fully saturated rings. The monoisotopic (exact) mass is 487 g/mol. The summed E-state index contributed by atoms with van der Waals surface area (Å²) >= 11 is 1.32. The molecule has 35 heavy (non-hydrogen) atoms. The second-order valence-corrected chi connectivity index (χ2v) is 8.63. The molecule has 2 N–H and O–H groups in total. The average molecular weight is 488 g/mol. The highest BCUT2D eigenvalue weighted by molar-refractivity contribution is 7.99. The van der Waals surface area contributed by atoms with Gasteiger partial charge in [0.05, 0.1) is 18.6 Å². The maximum absolute atomic E-state index is 12.6. The number of aromatic nitrogens is 3. The van der Waals surface area contributed by atoms with Crippen molar-refractivity contribution in [1.29, 1.82) is 0 Å². The fraction of sp³-hybridized carbons (Fsp3) is 0.154. The Labute approximate surface area is 207 Å². The molecule has 3 aromatic carbocycles. The van der Waals surface area contributed by atoms with Crippen LogP contribution in [0.25, 0.3) is 0 Å². The van der Waals surface area contributed by atoms with Crippen LogP contribution in [0.5, 0.6) is 5.75 Å². The molecule has 0 radical (unpaired) electrons. The number of carbonyl (C=O) groups excluding carboxylic acids is 2. The van der Waals surface area contributed by atoms with Gasteiger partial charge in [0.2, 0.25) is 5.91 Å². The number of nitrogens with one attached hydrogen (secondary N) is 2. The SMILES string of the molecule is COc1ccccc1NC(=O)c1ccc(NC(=O)CSc2nnc(Cc3ccccc3)n2C)cc1. The Morgan fingerprint density at radius 2 is 1.63 bits per heavy atom. The van der Waals surface area contributed by atoms with Crippen LogP contribution in [0.3, 0.4) is 0 Å². The van der Waals surface area contributed by atoms with Crippen LogP contribution >= 0.6 is 11.8 Å². The van der Waals surface area contributed by atoms with Gasteiger partial charge in [0.1, 0.15) is 11.6 Å². The molecule has 0 bridgehead atoms. The number of hydrogen-bond donors (Lipinski definition) is 2. The first kappa shape index (κ1) is 24.0. The molecule has 0 unspecified atom stereocenters. The molecule has 0 atom stereocenters. The average Bonchev–Trinajstić information content (AvgIpc) is 3.23. The molecule has 0 aliphatic carbocycles. The summed E-state index contributed by atoms with van der Waals surface area (Å²) < 4.78 is 7.16. The quantitative estimate of drug-likeness (QED) is 0.340. The first-order chi connectivity index (χ1) is 17.0. The van der Waals surface area contributed by atoms with Crippen LogP contribution in [-0.2, 0) is 18.3 Å². The molecule has 1 heterocycles. The minimum atomic E-state index is -0.267. The number of para-hydroxylation sites is 2. The van der Waals surface area contributed by atoms with Gasteiger partial charge >= 0.3 is 0 Å². The highest BCUT2D eigenvalue weighted by Crippen LogP contribution is 2.24. The Bertz CT molecular complexity index is 1310. The molecule has 8 nitrogen and oxygen atoms in total. The fourth-order valence-corrected chi connectivity index (χ4v) is 4.11. The first-order valence-electron chi connectivity index (χ1n) is 10.9. The van der Waals surface area contributed by atoms with Crippen molar-refractivity contribution in [3.05, 3.63) is 95.8 Å². The lowest BCUT2D eigenvalue weighted by Crippen LogP contribution is -2.15. The Morgan fingerprint density at radius 3 is 2.37 bits per heavy atom. The van der Waals surface area contributed by atoms with Crippen LogP contribution in [0, 0.1) is 0 Å². The van der Waals surface area contributed by atoms with Crippen LogP contribution < -0.4 is 15.4 Å². The molecule has 9 heteroatoms. The molecule has 4 aromatic rings. The van der Waals surface area contributed by atoms with E-state index in [1.807, 2.05) is 54.1 Å². The van der Waals surface area contributed by atoms with Gasteiger partial charge in [-0.3, -0.25) is 9.59 Å². The topological polar surface area (TPSA) is 98.1 Å². The number of carbonyl (C=O) groups is 2. The van der Waals surface area contributed by atoms with Gasteiger partial charge in [0.15, 0.2) is 5.16 Å². The summed E-state index contributed by atoms with van der Waals surface area (Å²) in [5, 5.41) is 14.8. The smallest absolute Gasteiger partial charge is 0.255 e. The van der Waals surface area contributed by atoms with Crippen molar-refractivity contribution in [3.63, 3.8) is 0 Å². The maximum Gasteiger partial charge on any atom is 0.255 e. The van der Waals surface area contributed by atoms with Gasteiger partial charge in [-0.1, -0.05) is 54.2 Å². The second kappa shape index (κ2) is 11.3. The Morgan fingerprint density at radius 1 is 0.914 bits per heavy atom.